The van der Waals surface area contributed by atoms with Gasteiger partial charge in [0.05, 0.1) is 12.4 Å². The monoisotopic (exact) mass is 342 g/mol. The van der Waals surface area contributed by atoms with Crippen LogP contribution in [-0.2, 0) is 14.8 Å². The van der Waals surface area contributed by atoms with Crippen LogP contribution in [0.15, 0.2) is 24.3 Å². The average molecular weight is 342 g/mol. The fourth-order valence-corrected chi connectivity index (χ4v) is 3.04. The molecule has 7 heteroatoms. The lowest BCUT2D eigenvalue weighted by molar-refractivity contribution is -0.116. The van der Waals surface area contributed by atoms with Gasteiger partial charge in [-0.2, -0.15) is 0 Å². The summed E-state index contributed by atoms with van der Waals surface area (Å²) in [7, 11) is -1.64. The molecule has 1 aromatic rings. The van der Waals surface area contributed by atoms with E-state index in [-0.39, 0.29) is 11.2 Å². The van der Waals surface area contributed by atoms with Crippen molar-refractivity contribution >= 4 is 21.6 Å². The van der Waals surface area contributed by atoms with Crippen molar-refractivity contribution in [1.82, 2.24) is 4.72 Å². The van der Waals surface area contributed by atoms with Gasteiger partial charge < -0.3 is 10.1 Å². The minimum Gasteiger partial charge on any atom is -0.497 e. The number of anilines is 1. The zero-order valence-corrected chi connectivity index (χ0v) is 14.8. The van der Waals surface area contributed by atoms with Gasteiger partial charge in [0.25, 0.3) is 0 Å². The van der Waals surface area contributed by atoms with Crippen LogP contribution in [-0.4, -0.2) is 33.2 Å². The predicted molar refractivity (Wildman–Crippen MR) is 92.2 cm³/mol. The summed E-state index contributed by atoms with van der Waals surface area (Å²) < 4.78 is 31.1. The summed E-state index contributed by atoms with van der Waals surface area (Å²) in [5.74, 6) is 0.650. The molecule has 0 radical (unpaired) electrons. The number of carbonyl (C=O) groups is 1. The molecule has 23 heavy (non-hydrogen) atoms. The fourth-order valence-electron chi connectivity index (χ4n) is 1.88. The van der Waals surface area contributed by atoms with Crippen molar-refractivity contribution in [3.05, 3.63) is 24.3 Å². The van der Waals surface area contributed by atoms with Crippen molar-refractivity contribution in [1.29, 1.82) is 0 Å². The Bertz CT molecular complexity index is 585. The standard InChI is InChI=1S/C16H26N2O4S/c1-4-13(2)23(20,21)17-12-6-5-7-16(19)18-14-8-10-15(22-3)11-9-14/h8-11,13,17H,4-7,12H2,1-3H3,(H,18,19). The lowest BCUT2D eigenvalue weighted by atomic mass is 10.2. The molecular formula is C16H26N2O4S. The third-order valence-electron chi connectivity index (χ3n) is 3.61. The van der Waals surface area contributed by atoms with Crippen LogP contribution >= 0.6 is 0 Å². The minimum absolute atomic E-state index is 0.0834. The smallest absolute Gasteiger partial charge is 0.224 e. The minimum atomic E-state index is -3.23. The number of ether oxygens (including phenoxy) is 1. The molecule has 130 valence electrons. The van der Waals surface area contributed by atoms with E-state index in [1.807, 2.05) is 6.92 Å². The summed E-state index contributed by atoms with van der Waals surface area (Å²) in [6.07, 6.45) is 2.20. The molecule has 0 saturated heterocycles. The summed E-state index contributed by atoms with van der Waals surface area (Å²) in [4.78, 5) is 11.8. The molecule has 0 aliphatic rings. The van der Waals surface area contributed by atoms with Crippen molar-refractivity contribution in [3.8, 4) is 5.75 Å². The maximum atomic E-state index is 11.8. The molecule has 0 aromatic heterocycles. The Balaban J connectivity index is 2.24. The molecule has 2 N–H and O–H groups in total. The second kappa shape index (κ2) is 9.52. The molecule has 1 unspecified atom stereocenters. The van der Waals surface area contributed by atoms with E-state index in [2.05, 4.69) is 10.0 Å². The van der Waals surface area contributed by atoms with Crippen LogP contribution in [0.3, 0.4) is 0 Å². The molecule has 0 spiro atoms. The first-order chi connectivity index (χ1) is 10.9. The highest BCUT2D eigenvalue weighted by molar-refractivity contribution is 7.90. The molecule has 1 aromatic carbocycles. The van der Waals surface area contributed by atoms with E-state index >= 15 is 0 Å². The molecule has 6 nitrogen and oxygen atoms in total. The summed E-state index contributed by atoms with van der Waals surface area (Å²) >= 11 is 0. The largest absolute Gasteiger partial charge is 0.497 e. The quantitative estimate of drug-likeness (QED) is 0.640. The van der Waals surface area contributed by atoms with Crippen molar-refractivity contribution in [2.75, 3.05) is 19.0 Å². The fraction of sp³-hybridized carbons (Fsp3) is 0.562. The number of rotatable bonds is 10. The van der Waals surface area contributed by atoms with Crippen molar-refractivity contribution in [2.45, 2.75) is 44.8 Å². The lowest BCUT2D eigenvalue weighted by Gasteiger charge is -2.11. The highest BCUT2D eigenvalue weighted by atomic mass is 32.2. The van der Waals surface area contributed by atoms with Gasteiger partial charge in [-0.25, -0.2) is 13.1 Å². The van der Waals surface area contributed by atoms with E-state index < -0.39 is 10.0 Å². The number of hydrogen-bond donors (Lipinski definition) is 2. The van der Waals surface area contributed by atoms with Gasteiger partial charge in [-0.15, -0.1) is 0 Å². The first-order valence-corrected chi connectivity index (χ1v) is 9.36. The van der Waals surface area contributed by atoms with Crippen LogP contribution in [0, 0.1) is 0 Å². The van der Waals surface area contributed by atoms with Gasteiger partial charge in [-0.05, 0) is 50.5 Å². The Hall–Kier alpha value is -1.60. The summed E-state index contributed by atoms with van der Waals surface area (Å²) in [6, 6.07) is 7.10. The van der Waals surface area contributed by atoms with Crippen LogP contribution < -0.4 is 14.8 Å². The van der Waals surface area contributed by atoms with Crippen molar-refractivity contribution < 1.29 is 17.9 Å². The van der Waals surface area contributed by atoms with Crippen LogP contribution in [0.1, 0.15) is 39.5 Å². The summed E-state index contributed by atoms with van der Waals surface area (Å²) in [6.45, 7) is 3.89. The maximum Gasteiger partial charge on any atom is 0.224 e. The Kier molecular flexibility index (Phi) is 8.05. The Morgan fingerprint density at radius 2 is 1.87 bits per heavy atom. The van der Waals surface area contributed by atoms with Crippen molar-refractivity contribution in [2.24, 2.45) is 0 Å². The van der Waals surface area contributed by atoms with Gasteiger partial charge in [0.15, 0.2) is 0 Å². The predicted octanol–water partition coefficient (Wildman–Crippen LogP) is 2.52. The lowest BCUT2D eigenvalue weighted by Crippen LogP contribution is -2.32. The first-order valence-electron chi connectivity index (χ1n) is 7.81. The third-order valence-corrected chi connectivity index (χ3v) is 5.61. The summed E-state index contributed by atoms with van der Waals surface area (Å²) in [5, 5.41) is 2.41. The first kappa shape index (κ1) is 19.4. The molecule has 1 amide bonds. The molecule has 0 aliphatic carbocycles. The number of carbonyl (C=O) groups excluding carboxylic acids is 1. The Morgan fingerprint density at radius 1 is 1.22 bits per heavy atom. The SMILES string of the molecule is CCC(C)S(=O)(=O)NCCCCC(=O)Nc1ccc(OC)cc1. The van der Waals surface area contributed by atoms with E-state index in [0.29, 0.717) is 37.9 Å². The second-order valence-corrected chi connectivity index (χ2v) is 7.58. The second-order valence-electron chi connectivity index (χ2n) is 5.39. The molecule has 1 rings (SSSR count). The number of amides is 1. The van der Waals surface area contributed by atoms with Gasteiger partial charge in [0.1, 0.15) is 5.75 Å². The summed E-state index contributed by atoms with van der Waals surface area (Å²) in [5.41, 5.74) is 0.716. The van der Waals surface area contributed by atoms with E-state index in [9.17, 15) is 13.2 Å². The zero-order chi connectivity index (χ0) is 17.3. The van der Waals surface area contributed by atoms with Crippen LogP contribution in [0.25, 0.3) is 0 Å². The van der Waals surface area contributed by atoms with E-state index in [4.69, 9.17) is 4.74 Å². The molecule has 0 bridgehead atoms. The topological polar surface area (TPSA) is 84.5 Å². The number of hydrogen-bond acceptors (Lipinski definition) is 4. The van der Waals surface area contributed by atoms with Crippen molar-refractivity contribution in [3.63, 3.8) is 0 Å². The number of sulfonamides is 1. The van der Waals surface area contributed by atoms with Gasteiger partial charge in [-0.1, -0.05) is 6.92 Å². The Morgan fingerprint density at radius 3 is 2.43 bits per heavy atom. The number of nitrogens with one attached hydrogen (secondary N) is 2. The highest BCUT2D eigenvalue weighted by Gasteiger charge is 2.17. The van der Waals surface area contributed by atoms with Gasteiger partial charge in [0.2, 0.25) is 15.9 Å². The average Bonchev–Trinajstić information content (AvgIpc) is 2.54. The molecule has 0 saturated carbocycles. The van der Waals surface area contributed by atoms with Crippen LogP contribution in [0.4, 0.5) is 5.69 Å². The number of methoxy groups -OCH3 is 1. The third kappa shape index (κ3) is 7.00. The molecule has 1 atom stereocenters. The molecule has 0 heterocycles. The molecule has 0 fully saturated rings. The number of benzene rings is 1. The van der Waals surface area contributed by atoms with Gasteiger partial charge in [0, 0.05) is 18.7 Å². The van der Waals surface area contributed by atoms with E-state index in [0.717, 1.165) is 5.75 Å². The molecular weight excluding hydrogens is 316 g/mol. The highest BCUT2D eigenvalue weighted by Crippen LogP contribution is 2.15. The Labute approximate surface area is 138 Å². The number of unbranched alkanes of at least 4 members (excludes halogenated alkanes) is 1. The normalized spacial score (nSPS) is 12.7. The van der Waals surface area contributed by atoms with E-state index in [1.165, 1.54) is 0 Å². The van der Waals surface area contributed by atoms with Gasteiger partial charge in [-0.3, -0.25) is 4.79 Å². The zero-order valence-electron chi connectivity index (χ0n) is 14.0. The van der Waals surface area contributed by atoms with Crippen LogP contribution in [0.5, 0.6) is 5.75 Å². The van der Waals surface area contributed by atoms with Gasteiger partial charge >= 0.3 is 0 Å². The maximum absolute atomic E-state index is 11.8. The van der Waals surface area contributed by atoms with Crippen LogP contribution in [0.2, 0.25) is 0 Å². The van der Waals surface area contributed by atoms with E-state index in [1.54, 1.807) is 38.3 Å². The molecule has 0 aliphatic heterocycles.